The SMILES string of the molecule is NCCC1CCN(C(=O)c2ccc3c(c2)N[C@H](CC(=O)O)C(=O)N(CCc2ccccc2)C3)CC1. The highest BCUT2D eigenvalue weighted by molar-refractivity contribution is 5.96. The number of nitrogens with two attached hydrogens (primary N) is 1. The second-order valence-electron chi connectivity index (χ2n) is 9.48. The summed E-state index contributed by atoms with van der Waals surface area (Å²) in [5.41, 5.74) is 8.86. The summed E-state index contributed by atoms with van der Waals surface area (Å²) in [6, 6.07) is 14.5. The number of piperidine rings is 1. The van der Waals surface area contributed by atoms with E-state index in [9.17, 15) is 19.5 Å². The molecule has 0 saturated carbocycles. The summed E-state index contributed by atoms with van der Waals surface area (Å²) in [6.45, 7) is 2.94. The summed E-state index contributed by atoms with van der Waals surface area (Å²) in [5.74, 6) is -0.751. The fourth-order valence-corrected chi connectivity index (χ4v) is 4.99. The molecule has 0 aliphatic carbocycles. The lowest BCUT2D eigenvalue weighted by Gasteiger charge is -2.32. The smallest absolute Gasteiger partial charge is 0.305 e. The standard InChI is InChI=1S/C27H34N4O4/c28-12-8-20-9-13-30(14-10-20)26(34)21-6-7-22-18-31(15-11-19-4-2-1-3-5-19)27(35)24(17-25(32)33)29-23(22)16-21/h1-7,16,20,24,29H,8-15,17-18,28H2,(H,32,33)/t24-/m1/s1. The van der Waals surface area contributed by atoms with Crippen LogP contribution in [0.4, 0.5) is 5.69 Å². The molecule has 8 nitrogen and oxygen atoms in total. The van der Waals surface area contributed by atoms with Crippen LogP contribution in [0.1, 0.15) is 47.2 Å². The molecule has 0 bridgehead atoms. The molecule has 1 saturated heterocycles. The topological polar surface area (TPSA) is 116 Å². The van der Waals surface area contributed by atoms with Crippen molar-refractivity contribution in [3.63, 3.8) is 0 Å². The van der Waals surface area contributed by atoms with Crippen LogP contribution in [0.2, 0.25) is 0 Å². The lowest BCUT2D eigenvalue weighted by atomic mass is 9.93. The number of carbonyl (C=O) groups is 3. The predicted octanol–water partition coefficient (Wildman–Crippen LogP) is 2.73. The van der Waals surface area contributed by atoms with E-state index in [1.54, 1.807) is 11.0 Å². The number of aliphatic carboxylic acids is 1. The number of carbonyl (C=O) groups excluding carboxylic acids is 2. The lowest BCUT2D eigenvalue weighted by molar-refractivity contribution is -0.141. The highest BCUT2D eigenvalue weighted by Crippen LogP contribution is 2.28. The van der Waals surface area contributed by atoms with Crippen molar-refractivity contribution in [3.05, 3.63) is 65.2 Å². The van der Waals surface area contributed by atoms with Crippen molar-refractivity contribution in [2.75, 3.05) is 31.5 Å². The van der Waals surface area contributed by atoms with Gasteiger partial charge < -0.3 is 26.0 Å². The molecule has 1 fully saturated rings. The van der Waals surface area contributed by atoms with Crippen molar-refractivity contribution in [2.24, 2.45) is 11.7 Å². The summed E-state index contributed by atoms with van der Waals surface area (Å²) in [6.07, 6.45) is 3.26. The maximum atomic E-state index is 13.2. The summed E-state index contributed by atoms with van der Waals surface area (Å²) in [4.78, 5) is 41.5. The highest BCUT2D eigenvalue weighted by atomic mass is 16.4. The van der Waals surface area contributed by atoms with Gasteiger partial charge in [0.2, 0.25) is 5.91 Å². The van der Waals surface area contributed by atoms with Crippen LogP contribution in [0, 0.1) is 5.92 Å². The average Bonchev–Trinajstić information content (AvgIpc) is 2.99. The van der Waals surface area contributed by atoms with Gasteiger partial charge in [0.25, 0.3) is 5.91 Å². The van der Waals surface area contributed by atoms with Crippen molar-refractivity contribution in [1.82, 2.24) is 9.80 Å². The molecule has 4 rings (SSSR count). The highest BCUT2D eigenvalue weighted by Gasteiger charge is 2.31. The maximum Gasteiger partial charge on any atom is 0.305 e. The molecule has 0 aromatic heterocycles. The molecule has 35 heavy (non-hydrogen) atoms. The van der Waals surface area contributed by atoms with Gasteiger partial charge in [0.15, 0.2) is 0 Å². The third-order valence-corrected chi connectivity index (χ3v) is 7.03. The van der Waals surface area contributed by atoms with E-state index in [4.69, 9.17) is 5.73 Å². The van der Waals surface area contributed by atoms with Crippen LogP contribution in [0.3, 0.4) is 0 Å². The van der Waals surface area contributed by atoms with Gasteiger partial charge in [-0.2, -0.15) is 0 Å². The van der Waals surface area contributed by atoms with Crippen LogP contribution < -0.4 is 11.1 Å². The molecule has 2 aliphatic rings. The minimum Gasteiger partial charge on any atom is -0.481 e. The summed E-state index contributed by atoms with van der Waals surface area (Å²) in [7, 11) is 0. The van der Waals surface area contributed by atoms with Crippen LogP contribution >= 0.6 is 0 Å². The molecule has 0 radical (unpaired) electrons. The second-order valence-corrected chi connectivity index (χ2v) is 9.48. The van der Waals surface area contributed by atoms with Crippen molar-refractivity contribution in [3.8, 4) is 0 Å². The molecule has 8 heteroatoms. The Morgan fingerprint density at radius 3 is 2.51 bits per heavy atom. The molecule has 186 valence electrons. The van der Waals surface area contributed by atoms with Gasteiger partial charge in [-0.1, -0.05) is 36.4 Å². The average molecular weight is 479 g/mol. The first-order valence-corrected chi connectivity index (χ1v) is 12.4. The Morgan fingerprint density at radius 2 is 1.83 bits per heavy atom. The Kier molecular flexibility index (Phi) is 8.02. The molecule has 2 heterocycles. The quantitative estimate of drug-likeness (QED) is 0.537. The maximum absolute atomic E-state index is 13.2. The zero-order valence-electron chi connectivity index (χ0n) is 20.0. The molecule has 2 amide bonds. The van der Waals surface area contributed by atoms with E-state index >= 15 is 0 Å². The number of hydrogen-bond donors (Lipinski definition) is 3. The van der Waals surface area contributed by atoms with Crippen LogP contribution in [0.15, 0.2) is 48.5 Å². The van der Waals surface area contributed by atoms with E-state index in [1.807, 2.05) is 47.4 Å². The summed E-state index contributed by atoms with van der Waals surface area (Å²) >= 11 is 0. The number of carboxylic acids is 1. The number of anilines is 1. The van der Waals surface area contributed by atoms with Gasteiger partial charge in [-0.05, 0) is 61.4 Å². The van der Waals surface area contributed by atoms with Crippen LogP contribution in [0.25, 0.3) is 0 Å². The van der Waals surface area contributed by atoms with Gasteiger partial charge in [-0.25, -0.2) is 0 Å². The van der Waals surface area contributed by atoms with Crippen LogP contribution in [0.5, 0.6) is 0 Å². The van der Waals surface area contributed by atoms with Crippen molar-refractivity contribution < 1.29 is 19.5 Å². The monoisotopic (exact) mass is 478 g/mol. The fraction of sp³-hybridized carbons (Fsp3) is 0.444. The molecule has 0 unspecified atom stereocenters. The molecular formula is C27H34N4O4. The van der Waals surface area contributed by atoms with Crippen molar-refractivity contribution in [1.29, 1.82) is 0 Å². The number of nitrogens with one attached hydrogen (secondary N) is 1. The molecule has 0 spiro atoms. The van der Waals surface area contributed by atoms with Gasteiger partial charge in [-0.3, -0.25) is 14.4 Å². The summed E-state index contributed by atoms with van der Waals surface area (Å²) < 4.78 is 0. The Labute approximate surface area is 206 Å². The minimum atomic E-state index is -1.05. The lowest BCUT2D eigenvalue weighted by Crippen LogP contribution is -2.42. The predicted molar refractivity (Wildman–Crippen MR) is 134 cm³/mol. The number of amides is 2. The number of carboxylic acid groups (broad SMARTS) is 1. The molecular weight excluding hydrogens is 444 g/mol. The first-order chi connectivity index (χ1) is 16.9. The van der Waals surface area contributed by atoms with Gasteiger partial charge in [-0.15, -0.1) is 0 Å². The molecule has 2 aliphatic heterocycles. The minimum absolute atomic E-state index is 0.0351. The van der Waals surface area contributed by atoms with E-state index in [2.05, 4.69) is 5.32 Å². The Bertz CT molecular complexity index is 1050. The van der Waals surface area contributed by atoms with Crippen LogP contribution in [-0.2, 0) is 22.6 Å². The number of likely N-dealkylation sites (tertiary alicyclic amines) is 1. The number of benzene rings is 2. The largest absolute Gasteiger partial charge is 0.481 e. The Morgan fingerprint density at radius 1 is 1.09 bits per heavy atom. The first kappa shape index (κ1) is 24.7. The Hall–Kier alpha value is -3.39. The third-order valence-electron chi connectivity index (χ3n) is 7.03. The number of hydrogen-bond acceptors (Lipinski definition) is 5. The van der Waals surface area contributed by atoms with Gasteiger partial charge in [0.05, 0.1) is 6.42 Å². The molecule has 1 atom stereocenters. The zero-order chi connectivity index (χ0) is 24.8. The molecule has 2 aromatic carbocycles. The number of nitrogens with zero attached hydrogens (tertiary/aromatic N) is 2. The van der Waals surface area contributed by atoms with E-state index < -0.39 is 12.0 Å². The number of rotatable bonds is 8. The van der Waals surface area contributed by atoms with Crippen LogP contribution in [-0.4, -0.2) is 64.9 Å². The summed E-state index contributed by atoms with van der Waals surface area (Å²) in [5, 5.41) is 12.5. The Balaban J connectivity index is 1.51. The van der Waals surface area contributed by atoms with Gasteiger partial charge in [0.1, 0.15) is 6.04 Å². The van der Waals surface area contributed by atoms with E-state index in [0.717, 1.165) is 30.4 Å². The fourth-order valence-electron chi connectivity index (χ4n) is 4.99. The first-order valence-electron chi connectivity index (χ1n) is 12.4. The van der Waals surface area contributed by atoms with Gasteiger partial charge in [0, 0.05) is 37.4 Å². The number of fused-ring (bicyclic) bond motifs is 1. The van der Waals surface area contributed by atoms with E-state index in [1.165, 1.54) is 0 Å². The van der Waals surface area contributed by atoms with Gasteiger partial charge >= 0.3 is 5.97 Å². The van der Waals surface area contributed by atoms with E-state index in [0.29, 0.717) is 56.3 Å². The van der Waals surface area contributed by atoms with E-state index in [-0.39, 0.29) is 18.2 Å². The zero-order valence-corrected chi connectivity index (χ0v) is 20.0. The third kappa shape index (κ3) is 6.19. The second kappa shape index (κ2) is 11.4. The van der Waals surface area contributed by atoms with Crippen molar-refractivity contribution in [2.45, 2.75) is 44.7 Å². The molecule has 4 N–H and O–H groups in total. The molecule has 2 aromatic rings. The van der Waals surface area contributed by atoms with Crippen molar-refractivity contribution >= 4 is 23.5 Å². The normalized spacial score (nSPS) is 18.5.